The summed E-state index contributed by atoms with van der Waals surface area (Å²) < 4.78 is 5.86. The normalized spacial score (nSPS) is 10.9. The minimum absolute atomic E-state index is 0.0984. The number of hydrogen-bond donors (Lipinski definition) is 1. The van der Waals surface area contributed by atoms with Crippen molar-refractivity contribution in [3.8, 4) is 11.3 Å². The van der Waals surface area contributed by atoms with E-state index in [-0.39, 0.29) is 5.91 Å². The number of thiazole rings is 1. The van der Waals surface area contributed by atoms with Gasteiger partial charge in [0.2, 0.25) is 5.91 Å². The monoisotopic (exact) mass is 470 g/mol. The fourth-order valence-corrected chi connectivity index (χ4v) is 4.57. The van der Waals surface area contributed by atoms with E-state index < -0.39 is 0 Å². The molecule has 0 aliphatic rings. The highest BCUT2D eigenvalue weighted by molar-refractivity contribution is 7.15. The fraction of sp³-hybridized carbons (Fsp3) is 0.167. The van der Waals surface area contributed by atoms with E-state index >= 15 is 0 Å². The van der Waals surface area contributed by atoms with Crippen molar-refractivity contribution in [2.45, 2.75) is 26.2 Å². The van der Waals surface area contributed by atoms with E-state index in [1.165, 1.54) is 11.3 Å². The molecule has 2 heterocycles. The Morgan fingerprint density at radius 3 is 2.71 bits per heavy atom. The van der Waals surface area contributed by atoms with Gasteiger partial charge in [0.05, 0.1) is 5.69 Å². The van der Waals surface area contributed by atoms with Gasteiger partial charge in [-0.1, -0.05) is 53.5 Å². The van der Waals surface area contributed by atoms with Crippen LogP contribution >= 0.6 is 34.5 Å². The van der Waals surface area contributed by atoms with E-state index in [2.05, 4.69) is 10.3 Å². The van der Waals surface area contributed by atoms with E-state index in [1.807, 2.05) is 55.5 Å². The molecule has 4 nitrogen and oxygen atoms in total. The van der Waals surface area contributed by atoms with Gasteiger partial charge in [-0.2, -0.15) is 0 Å². The van der Waals surface area contributed by atoms with E-state index in [0.29, 0.717) is 34.4 Å². The number of aryl methyl sites for hydroxylation is 2. The third-order valence-corrected chi connectivity index (χ3v) is 6.49. The molecule has 2 aromatic heterocycles. The summed E-state index contributed by atoms with van der Waals surface area (Å²) in [5.41, 5.74) is 2.82. The van der Waals surface area contributed by atoms with E-state index in [1.54, 1.807) is 12.1 Å². The number of rotatable bonds is 7. The summed E-state index contributed by atoms with van der Waals surface area (Å²) in [5, 5.41) is 4.78. The van der Waals surface area contributed by atoms with E-state index in [0.717, 1.165) is 33.2 Å². The van der Waals surface area contributed by atoms with Crippen LogP contribution in [-0.2, 0) is 17.6 Å². The maximum absolute atomic E-state index is 12.4. The lowest BCUT2D eigenvalue weighted by atomic mass is 10.1. The third-order valence-electron chi connectivity index (χ3n) is 4.82. The van der Waals surface area contributed by atoms with Crippen molar-refractivity contribution in [1.29, 1.82) is 0 Å². The molecule has 2 aromatic carbocycles. The highest BCUT2D eigenvalue weighted by atomic mass is 35.5. The van der Waals surface area contributed by atoms with Crippen LogP contribution in [0.3, 0.4) is 0 Å². The zero-order valence-corrected chi connectivity index (χ0v) is 19.2. The zero-order chi connectivity index (χ0) is 21.8. The summed E-state index contributed by atoms with van der Waals surface area (Å²) in [7, 11) is 0. The van der Waals surface area contributed by atoms with Crippen molar-refractivity contribution in [2.24, 2.45) is 0 Å². The Labute approximate surface area is 194 Å². The number of halogens is 2. The van der Waals surface area contributed by atoms with Crippen molar-refractivity contribution in [1.82, 2.24) is 4.98 Å². The summed E-state index contributed by atoms with van der Waals surface area (Å²) >= 11 is 13.8. The first kappa shape index (κ1) is 21.6. The number of benzene rings is 2. The standard InChI is InChI=1S/C24H20Cl2N2O2S/c1-15-22(14-17-13-18(25)7-10-20(17)26)31-24(27-15)28-23(29)12-9-19-8-11-21(30-19)16-5-3-2-4-6-16/h2-8,10-11,13H,9,12,14H2,1H3,(H,27,28,29). The van der Waals surface area contributed by atoms with Gasteiger partial charge in [-0.05, 0) is 42.8 Å². The zero-order valence-electron chi connectivity index (χ0n) is 16.8. The van der Waals surface area contributed by atoms with Crippen LogP contribution < -0.4 is 5.32 Å². The summed E-state index contributed by atoms with van der Waals surface area (Å²) in [5.74, 6) is 1.48. The number of carbonyl (C=O) groups excluding carboxylic acids is 1. The van der Waals surface area contributed by atoms with Gasteiger partial charge in [-0.25, -0.2) is 4.98 Å². The van der Waals surface area contributed by atoms with Gasteiger partial charge in [0.25, 0.3) is 0 Å². The lowest BCUT2D eigenvalue weighted by Gasteiger charge is -2.03. The van der Waals surface area contributed by atoms with Gasteiger partial charge < -0.3 is 9.73 Å². The Morgan fingerprint density at radius 1 is 1.10 bits per heavy atom. The summed E-state index contributed by atoms with van der Waals surface area (Å²) in [6, 6.07) is 19.1. The average Bonchev–Trinajstić information content (AvgIpc) is 3.36. The van der Waals surface area contributed by atoms with Crippen molar-refractivity contribution < 1.29 is 9.21 Å². The minimum Gasteiger partial charge on any atom is -0.461 e. The highest BCUT2D eigenvalue weighted by Crippen LogP contribution is 2.29. The second-order valence-corrected chi connectivity index (χ2v) is 9.05. The summed E-state index contributed by atoms with van der Waals surface area (Å²) in [6.45, 7) is 1.92. The van der Waals surface area contributed by atoms with Crippen LogP contribution in [0.5, 0.6) is 0 Å². The Balaban J connectivity index is 1.35. The van der Waals surface area contributed by atoms with Crippen LogP contribution in [0.25, 0.3) is 11.3 Å². The molecule has 0 aliphatic heterocycles. The molecule has 158 valence electrons. The number of amides is 1. The first-order valence-electron chi connectivity index (χ1n) is 9.82. The predicted molar refractivity (Wildman–Crippen MR) is 127 cm³/mol. The number of hydrogen-bond acceptors (Lipinski definition) is 4. The predicted octanol–water partition coefficient (Wildman–Crippen LogP) is 7.18. The second kappa shape index (κ2) is 9.69. The minimum atomic E-state index is -0.0984. The first-order valence-corrected chi connectivity index (χ1v) is 11.4. The van der Waals surface area contributed by atoms with E-state index in [9.17, 15) is 4.79 Å². The van der Waals surface area contributed by atoms with Crippen molar-refractivity contribution in [2.75, 3.05) is 5.32 Å². The Kier molecular flexibility index (Phi) is 6.76. The Bertz CT molecular complexity index is 1200. The summed E-state index contributed by atoms with van der Waals surface area (Å²) in [6.07, 6.45) is 1.46. The molecule has 4 rings (SSSR count). The molecule has 0 unspecified atom stereocenters. The number of nitrogens with zero attached hydrogens (tertiary/aromatic N) is 1. The molecule has 4 aromatic rings. The van der Waals surface area contributed by atoms with Crippen LogP contribution in [0.4, 0.5) is 5.13 Å². The molecule has 0 bridgehead atoms. The van der Waals surface area contributed by atoms with Crippen LogP contribution in [0, 0.1) is 6.92 Å². The number of furan rings is 1. The second-order valence-electron chi connectivity index (χ2n) is 7.12. The summed E-state index contributed by atoms with van der Waals surface area (Å²) in [4.78, 5) is 17.9. The van der Waals surface area contributed by atoms with Gasteiger partial charge in [0, 0.05) is 39.7 Å². The van der Waals surface area contributed by atoms with Crippen LogP contribution in [0.15, 0.2) is 65.1 Å². The molecule has 31 heavy (non-hydrogen) atoms. The van der Waals surface area contributed by atoms with Gasteiger partial charge in [0.15, 0.2) is 5.13 Å². The molecule has 0 saturated heterocycles. The largest absolute Gasteiger partial charge is 0.461 e. The molecule has 1 N–H and O–H groups in total. The molecule has 1 amide bonds. The number of anilines is 1. The molecule has 0 spiro atoms. The van der Waals surface area contributed by atoms with Crippen LogP contribution in [-0.4, -0.2) is 10.9 Å². The van der Waals surface area contributed by atoms with Gasteiger partial charge in [-0.3, -0.25) is 4.79 Å². The Hall–Kier alpha value is -2.60. The van der Waals surface area contributed by atoms with Gasteiger partial charge in [0.1, 0.15) is 11.5 Å². The maximum atomic E-state index is 12.4. The molecule has 7 heteroatoms. The average molecular weight is 471 g/mol. The van der Waals surface area contributed by atoms with Crippen LogP contribution in [0.1, 0.15) is 28.3 Å². The van der Waals surface area contributed by atoms with Crippen LogP contribution in [0.2, 0.25) is 10.0 Å². The molecule has 0 radical (unpaired) electrons. The smallest absolute Gasteiger partial charge is 0.226 e. The van der Waals surface area contributed by atoms with Crippen molar-refractivity contribution in [3.05, 3.63) is 92.6 Å². The number of aromatic nitrogens is 1. The molecule has 0 atom stereocenters. The van der Waals surface area contributed by atoms with E-state index in [4.69, 9.17) is 27.6 Å². The number of carbonyl (C=O) groups is 1. The lowest BCUT2D eigenvalue weighted by molar-refractivity contribution is -0.116. The van der Waals surface area contributed by atoms with Crippen molar-refractivity contribution >= 4 is 45.6 Å². The topological polar surface area (TPSA) is 55.1 Å². The van der Waals surface area contributed by atoms with Gasteiger partial charge in [-0.15, -0.1) is 11.3 Å². The SMILES string of the molecule is Cc1nc(NC(=O)CCc2ccc(-c3ccccc3)o2)sc1Cc1cc(Cl)ccc1Cl. The quantitative estimate of drug-likeness (QED) is 0.311. The molecular formula is C24H20Cl2N2O2S. The Morgan fingerprint density at radius 2 is 1.90 bits per heavy atom. The van der Waals surface area contributed by atoms with Crippen molar-refractivity contribution in [3.63, 3.8) is 0 Å². The first-order chi connectivity index (χ1) is 15.0. The molecule has 0 fully saturated rings. The maximum Gasteiger partial charge on any atom is 0.226 e. The highest BCUT2D eigenvalue weighted by Gasteiger charge is 2.14. The number of nitrogens with one attached hydrogen (secondary N) is 1. The molecular weight excluding hydrogens is 451 g/mol. The third kappa shape index (κ3) is 5.56. The molecule has 0 aliphatic carbocycles. The lowest BCUT2D eigenvalue weighted by Crippen LogP contribution is -2.11. The molecule has 0 saturated carbocycles. The van der Waals surface area contributed by atoms with Gasteiger partial charge >= 0.3 is 0 Å². The fourth-order valence-electron chi connectivity index (χ4n) is 3.19.